The van der Waals surface area contributed by atoms with Crippen LogP contribution in [0, 0.1) is 0 Å². The van der Waals surface area contributed by atoms with E-state index in [1.165, 1.54) is 18.7 Å². The molecule has 2 radical (unpaired) electrons. The maximum Gasteiger partial charge on any atom is 0.113 e. The van der Waals surface area contributed by atoms with Gasteiger partial charge in [-0.25, -0.2) is 0 Å². The van der Waals surface area contributed by atoms with Gasteiger partial charge < -0.3 is 0 Å². The van der Waals surface area contributed by atoms with Crippen molar-refractivity contribution in [2.24, 2.45) is 0 Å². The van der Waals surface area contributed by atoms with E-state index in [1.807, 2.05) is 12.1 Å². The van der Waals surface area contributed by atoms with Crippen LogP contribution < -0.4 is 5.46 Å². The smallest absolute Gasteiger partial charge is 0.113 e. The Bertz CT molecular complexity index is 297. The van der Waals surface area contributed by atoms with Crippen molar-refractivity contribution in [3.8, 4) is 0 Å². The quantitative estimate of drug-likeness (QED) is 0.608. The summed E-state index contributed by atoms with van der Waals surface area (Å²) < 4.78 is 0. The molecule has 2 nitrogen and oxygen atoms in total. The lowest BCUT2D eigenvalue weighted by Gasteiger charge is -2.15. The number of likely N-dealkylation sites (N-methyl/N-ethyl adjacent to an activating group) is 1. The first kappa shape index (κ1) is 9.75. The Hall–Kier alpha value is -0.795. The van der Waals surface area contributed by atoms with E-state index >= 15 is 0 Å². The normalized spacial score (nSPS) is 18.9. The maximum atomic E-state index is 5.64. The van der Waals surface area contributed by atoms with Gasteiger partial charge in [0, 0.05) is 19.6 Å². The van der Waals surface area contributed by atoms with E-state index in [-0.39, 0.29) is 0 Å². The second-order valence-corrected chi connectivity index (χ2v) is 4.02. The molecular formula is C11H15BN2. The van der Waals surface area contributed by atoms with Crippen LogP contribution in [0.4, 0.5) is 0 Å². The number of benzene rings is 1. The van der Waals surface area contributed by atoms with Crippen LogP contribution in [0.15, 0.2) is 24.3 Å². The highest BCUT2D eigenvalue weighted by Crippen LogP contribution is 2.08. The summed E-state index contributed by atoms with van der Waals surface area (Å²) in [7, 11) is 7.79. The summed E-state index contributed by atoms with van der Waals surface area (Å²) >= 11 is 0. The summed E-state index contributed by atoms with van der Waals surface area (Å²) in [5.41, 5.74) is 2.18. The molecule has 0 bridgehead atoms. The predicted octanol–water partition coefficient (Wildman–Crippen LogP) is 0.185. The molecule has 0 unspecified atom stereocenters. The number of nitrogens with zero attached hydrogens (tertiary/aromatic N) is 2. The van der Waals surface area contributed by atoms with E-state index in [0.29, 0.717) is 0 Å². The van der Waals surface area contributed by atoms with E-state index in [0.717, 1.165) is 18.7 Å². The van der Waals surface area contributed by atoms with Crippen molar-refractivity contribution in [3.05, 3.63) is 29.8 Å². The molecule has 0 N–H and O–H groups in total. The highest BCUT2D eigenvalue weighted by Gasteiger charge is 2.15. The topological polar surface area (TPSA) is 6.48 Å². The minimum absolute atomic E-state index is 0.840. The van der Waals surface area contributed by atoms with Crippen molar-refractivity contribution in [1.82, 2.24) is 9.80 Å². The van der Waals surface area contributed by atoms with Gasteiger partial charge in [-0.3, -0.25) is 9.80 Å². The fraction of sp³-hybridized carbons (Fsp3) is 0.455. The zero-order valence-corrected chi connectivity index (χ0v) is 8.61. The van der Waals surface area contributed by atoms with Gasteiger partial charge in [-0.2, -0.15) is 0 Å². The molecule has 14 heavy (non-hydrogen) atoms. The average Bonchev–Trinajstić information content (AvgIpc) is 2.56. The Labute approximate surface area is 86.9 Å². The Balaban J connectivity index is 1.94. The van der Waals surface area contributed by atoms with Gasteiger partial charge in [-0.15, -0.1) is 0 Å². The number of hydrogen-bond donors (Lipinski definition) is 0. The molecule has 1 heterocycles. The third-order valence-electron chi connectivity index (χ3n) is 2.63. The first-order valence-corrected chi connectivity index (χ1v) is 4.99. The Kier molecular flexibility index (Phi) is 2.89. The van der Waals surface area contributed by atoms with Crippen molar-refractivity contribution in [3.63, 3.8) is 0 Å². The first-order valence-electron chi connectivity index (χ1n) is 4.99. The molecular weight excluding hydrogens is 171 g/mol. The van der Waals surface area contributed by atoms with E-state index in [9.17, 15) is 0 Å². The summed E-state index contributed by atoms with van der Waals surface area (Å²) in [5.74, 6) is 0. The molecule has 0 aliphatic carbocycles. The zero-order chi connectivity index (χ0) is 9.97. The van der Waals surface area contributed by atoms with Gasteiger partial charge in [-0.1, -0.05) is 29.7 Å². The lowest BCUT2D eigenvalue weighted by molar-refractivity contribution is 0.268. The molecule has 0 spiro atoms. The van der Waals surface area contributed by atoms with E-state index in [4.69, 9.17) is 7.85 Å². The van der Waals surface area contributed by atoms with Gasteiger partial charge in [0.1, 0.15) is 7.85 Å². The van der Waals surface area contributed by atoms with Crippen molar-refractivity contribution in [1.29, 1.82) is 0 Å². The molecule has 2 rings (SSSR count). The number of hydrogen-bond acceptors (Lipinski definition) is 2. The largest absolute Gasteiger partial charge is 0.292 e. The summed E-state index contributed by atoms with van der Waals surface area (Å²) in [5, 5.41) is 0. The van der Waals surface area contributed by atoms with Gasteiger partial charge in [0.05, 0.1) is 6.67 Å². The Morgan fingerprint density at radius 3 is 2.50 bits per heavy atom. The molecule has 0 atom stereocenters. The van der Waals surface area contributed by atoms with Gasteiger partial charge in [0.2, 0.25) is 0 Å². The van der Waals surface area contributed by atoms with Crippen LogP contribution in [0.25, 0.3) is 0 Å². The molecule has 3 heteroatoms. The van der Waals surface area contributed by atoms with Crippen LogP contribution in [0.2, 0.25) is 0 Å². The predicted molar refractivity (Wildman–Crippen MR) is 59.7 cm³/mol. The van der Waals surface area contributed by atoms with Crippen molar-refractivity contribution >= 4 is 13.3 Å². The average molecular weight is 186 g/mol. The number of rotatable bonds is 2. The van der Waals surface area contributed by atoms with Crippen LogP contribution in [0.1, 0.15) is 5.56 Å². The first-order chi connectivity index (χ1) is 6.74. The van der Waals surface area contributed by atoms with E-state index in [1.54, 1.807) is 0 Å². The Morgan fingerprint density at radius 2 is 1.93 bits per heavy atom. The van der Waals surface area contributed by atoms with Crippen LogP contribution in [-0.2, 0) is 6.54 Å². The van der Waals surface area contributed by atoms with Crippen molar-refractivity contribution in [2.75, 3.05) is 26.8 Å². The van der Waals surface area contributed by atoms with Gasteiger partial charge >= 0.3 is 0 Å². The molecule has 1 saturated heterocycles. The molecule has 0 saturated carbocycles. The van der Waals surface area contributed by atoms with E-state index in [2.05, 4.69) is 29.0 Å². The second-order valence-electron chi connectivity index (χ2n) is 4.02. The zero-order valence-electron chi connectivity index (χ0n) is 8.61. The fourth-order valence-corrected chi connectivity index (χ4v) is 1.81. The molecule has 0 amide bonds. The monoisotopic (exact) mass is 186 g/mol. The fourth-order valence-electron chi connectivity index (χ4n) is 1.81. The summed E-state index contributed by atoms with van der Waals surface area (Å²) in [6.07, 6.45) is 0. The van der Waals surface area contributed by atoms with Crippen LogP contribution in [-0.4, -0.2) is 44.5 Å². The molecule has 0 aromatic heterocycles. The van der Waals surface area contributed by atoms with Crippen molar-refractivity contribution in [2.45, 2.75) is 6.54 Å². The van der Waals surface area contributed by atoms with Gasteiger partial charge in [-0.05, 0) is 12.6 Å². The standard InChI is InChI=1S/C11H15BN2/c1-13-6-7-14(9-13)8-10-2-4-11(12)5-3-10/h2-5H,6-9H2,1H3. The van der Waals surface area contributed by atoms with Gasteiger partial charge in [0.25, 0.3) is 0 Å². The lowest BCUT2D eigenvalue weighted by atomic mass is 9.95. The summed E-state index contributed by atoms with van der Waals surface area (Å²) in [6, 6.07) is 8.14. The molecule has 1 aliphatic heterocycles. The van der Waals surface area contributed by atoms with Crippen LogP contribution in [0.3, 0.4) is 0 Å². The molecule has 1 aromatic carbocycles. The molecule has 72 valence electrons. The molecule has 1 aliphatic rings. The minimum Gasteiger partial charge on any atom is -0.292 e. The van der Waals surface area contributed by atoms with Gasteiger partial charge in [0.15, 0.2) is 0 Å². The van der Waals surface area contributed by atoms with Crippen molar-refractivity contribution < 1.29 is 0 Å². The third kappa shape index (κ3) is 2.37. The highest BCUT2D eigenvalue weighted by molar-refractivity contribution is 6.32. The highest BCUT2D eigenvalue weighted by atomic mass is 15.4. The molecule has 1 fully saturated rings. The van der Waals surface area contributed by atoms with Crippen LogP contribution >= 0.6 is 0 Å². The molecule has 1 aromatic rings. The minimum atomic E-state index is 0.840. The second kappa shape index (κ2) is 4.15. The lowest BCUT2D eigenvalue weighted by Crippen LogP contribution is -2.22. The Morgan fingerprint density at radius 1 is 1.21 bits per heavy atom. The summed E-state index contributed by atoms with van der Waals surface area (Å²) in [4.78, 5) is 4.77. The van der Waals surface area contributed by atoms with E-state index < -0.39 is 0 Å². The maximum absolute atomic E-state index is 5.64. The SMILES string of the molecule is [B]c1ccc(CN2CCN(C)C2)cc1. The third-order valence-corrected chi connectivity index (χ3v) is 2.63. The summed E-state index contributed by atoms with van der Waals surface area (Å²) in [6.45, 7) is 4.45. The van der Waals surface area contributed by atoms with Crippen LogP contribution in [0.5, 0.6) is 0 Å².